The Labute approximate surface area is 184 Å². The maximum absolute atomic E-state index is 10.9. The minimum Gasteiger partial charge on any atom is -0.369 e. The van der Waals surface area contributed by atoms with Crippen molar-refractivity contribution in [2.75, 3.05) is 5.75 Å². The molecule has 0 saturated heterocycles. The van der Waals surface area contributed by atoms with Crippen molar-refractivity contribution < 1.29 is 4.79 Å². The van der Waals surface area contributed by atoms with Crippen LogP contribution in [0.3, 0.4) is 0 Å². The highest BCUT2D eigenvalue weighted by Gasteiger charge is 2.14. The average Bonchev–Trinajstić information content (AvgIpc) is 3.30. The molecular formula is C19H16ClN5OS3. The van der Waals surface area contributed by atoms with E-state index in [4.69, 9.17) is 22.3 Å². The highest BCUT2D eigenvalue weighted by atomic mass is 35.5. The number of primary amides is 1. The third-order valence-electron chi connectivity index (χ3n) is 4.02. The van der Waals surface area contributed by atoms with E-state index in [1.807, 2.05) is 36.4 Å². The van der Waals surface area contributed by atoms with Crippen molar-refractivity contribution in [1.29, 1.82) is 0 Å². The molecule has 0 spiro atoms. The zero-order valence-corrected chi connectivity index (χ0v) is 18.3. The molecule has 2 aromatic carbocycles. The Hall–Kier alpha value is -2.07. The second kappa shape index (κ2) is 9.17. The van der Waals surface area contributed by atoms with Crippen LogP contribution in [0.25, 0.3) is 11.0 Å². The fourth-order valence-electron chi connectivity index (χ4n) is 2.78. The monoisotopic (exact) mass is 461 g/mol. The summed E-state index contributed by atoms with van der Waals surface area (Å²) in [5.74, 6) is 1.42. The van der Waals surface area contributed by atoms with Gasteiger partial charge in [-0.3, -0.25) is 4.79 Å². The number of thioether (sulfide) groups is 2. The fraction of sp³-hybridized carbons (Fsp3) is 0.158. The molecule has 2 aromatic heterocycles. The topological polar surface area (TPSA) is 86.7 Å². The first-order valence-corrected chi connectivity index (χ1v) is 11.8. The number of carbonyl (C=O) groups excluding carboxylic acids is 1. The van der Waals surface area contributed by atoms with Crippen LogP contribution in [0.1, 0.15) is 11.4 Å². The molecule has 6 nitrogen and oxygen atoms in total. The van der Waals surface area contributed by atoms with Gasteiger partial charge in [0.2, 0.25) is 5.91 Å². The van der Waals surface area contributed by atoms with E-state index in [2.05, 4.69) is 26.9 Å². The van der Waals surface area contributed by atoms with Crippen molar-refractivity contribution in [3.63, 3.8) is 0 Å². The SMILES string of the molecule is NC(=O)CSc1nnc(SCc2nc3cc(Cl)ccc3n2Cc2ccccc2)s1. The molecule has 148 valence electrons. The molecule has 0 aliphatic rings. The number of halogens is 1. The molecule has 0 unspecified atom stereocenters. The molecular weight excluding hydrogens is 446 g/mol. The lowest BCUT2D eigenvalue weighted by molar-refractivity contribution is -0.115. The summed E-state index contributed by atoms with van der Waals surface area (Å²) in [4.78, 5) is 15.7. The largest absolute Gasteiger partial charge is 0.369 e. The quantitative estimate of drug-likeness (QED) is 0.390. The summed E-state index contributed by atoms with van der Waals surface area (Å²) in [6, 6.07) is 16.1. The standard InChI is InChI=1S/C19H16ClN5OS3/c20-13-6-7-15-14(8-13)22-17(25(15)9-12-4-2-1-3-5-12)11-28-19-24-23-18(29-19)27-10-16(21)26/h1-8H,9-11H2,(H2,21,26). The van der Waals surface area contributed by atoms with Gasteiger partial charge in [-0.1, -0.05) is 76.8 Å². The number of hydrogen-bond acceptors (Lipinski definition) is 7. The number of rotatable bonds is 8. The van der Waals surface area contributed by atoms with Crippen LogP contribution in [0.5, 0.6) is 0 Å². The van der Waals surface area contributed by atoms with Crippen LogP contribution in [0.4, 0.5) is 0 Å². The highest BCUT2D eigenvalue weighted by Crippen LogP contribution is 2.31. The molecule has 0 atom stereocenters. The molecule has 2 N–H and O–H groups in total. The van der Waals surface area contributed by atoms with Gasteiger partial charge >= 0.3 is 0 Å². The Kier molecular flexibility index (Phi) is 6.39. The summed E-state index contributed by atoms with van der Waals surface area (Å²) in [5.41, 5.74) is 8.30. The molecule has 4 rings (SSSR count). The molecule has 1 amide bonds. The first-order chi connectivity index (χ1) is 14.1. The van der Waals surface area contributed by atoms with Crippen LogP contribution in [0.15, 0.2) is 57.2 Å². The van der Waals surface area contributed by atoms with Gasteiger partial charge in [-0.15, -0.1) is 10.2 Å². The van der Waals surface area contributed by atoms with Gasteiger partial charge < -0.3 is 10.3 Å². The number of nitrogens with zero attached hydrogens (tertiary/aromatic N) is 4. The zero-order chi connectivity index (χ0) is 20.2. The van der Waals surface area contributed by atoms with Crippen LogP contribution >= 0.6 is 46.5 Å². The van der Waals surface area contributed by atoms with E-state index >= 15 is 0 Å². The molecule has 0 bridgehead atoms. The lowest BCUT2D eigenvalue weighted by atomic mass is 10.2. The molecule has 0 aliphatic carbocycles. The van der Waals surface area contributed by atoms with Gasteiger partial charge in [0, 0.05) is 11.6 Å². The van der Waals surface area contributed by atoms with Crippen LogP contribution < -0.4 is 5.73 Å². The number of aromatic nitrogens is 4. The first-order valence-electron chi connectivity index (χ1n) is 8.64. The van der Waals surface area contributed by atoms with Crippen LogP contribution in [-0.2, 0) is 17.1 Å². The number of hydrogen-bond donors (Lipinski definition) is 1. The molecule has 4 aromatic rings. The minimum atomic E-state index is -0.368. The van der Waals surface area contributed by atoms with Gasteiger partial charge in [0.25, 0.3) is 0 Å². The van der Waals surface area contributed by atoms with Gasteiger partial charge in [0.1, 0.15) is 5.82 Å². The summed E-state index contributed by atoms with van der Waals surface area (Å²) in [6.45, 7) is 0.727. The second-order valence-electron chi connectivity index (χ2n) is 6.11. The molecule has 0 radical (unpaired) electrons. The van der Waals surface area contributed by atoms with Crippen LogP contribution in [-0.4, -0.2) is 31.4 Å². The maximum Gasteiger partial charge on any atom is 0.227 e. The van der Waals surface area contributed by atoms with Crippen molar-refractivity contribution in [2.24, 2.45) is 5.73 Å². The molecule has 0 fully saturated rings. The molecule has 0 aliphatic heterocycles. The second-order valence-corrected chi connectivity index (χ2v) is 9.97. The van der Waals surface area contributed by atoms with Crippen LogP contribution in [0.2, 0.25) is 5.02 Å². The van der Waals surface area contributed by atoms with Gasteiger partial charge in [0.15, 0.2) is 8.68 Å². The third-order valence-corrected chi connectivity index (χ3v) is 7.47. The smallest absolute Gasteiger partial charge is 0.227 e. The summed E-state index contributed by atoms with van der Waals surface area (Å²) >= 11 is 10.5. The van der Waals surface area contributed by atoms with Crippen molar-refractivity contribution in [1.82, 2.24) is 19.7 Å². The number of imidazole rings is 1. The molecule has 10 heteroatoms. The third kappa shape index (κ3) is 5.11. The average molecular weight is 462 g/mol. The first kappa shape index (κ1) is 20.2. The van der Waals surface area contributed by atoms with Crippen molar-refractivity contribution in [3.05, 3.63) is 64.9 Å². The van der Waals surface area contributed by atoms with Gasteiger partial charge in [-0.05, 0) is 23.8 Å². The highest BCUT2D eigenvalue weighted by molar-refractivity contribution is 8.03. The maximum atomic E-state index is 10.9. The summed E-state index contributed by atoms with van der Waals surface area (Å²) in [5, 5.41) is 8.96. The Bertz CT molecular complexity index is 1150. The predicted molar refractivity (Wildman–Crippen MR) is 120 cm³/mol. The number of amides is 1. The van der Waals surface area contributed by atoms with E-state index in [-0.39, 0.29) is 11.7 Å². The summed E-state index contributed by atoms with van der Waals surface area (Å²) in [6.07, 6.45) is 0. The van der Waals surface area contributed by atoms with Crippen molar-refractivity contribution >= 4 is 63.4 Å². The number of benzene rings is 2. The van der Waals surface area contributed by atoms with Crippen molar-refractivity contribution in [2.45, 2.75) is 21.0 Å². The molecule has 2 heterocycles. The number of carbonyl (C=O) groups is 1. The van der Waals surface area contributed by atoms with Gasteiger partial charge in [-0.2, -0.15) is 0 Å². The normalized spacial score (nSPS) is 11.2. The van der Waals surface area contributed by atoms with Gasteiger partial charge in [-0.25, -0.2) is 4.98 Å². The summed E-state index contributed by atoms with van der Waals surface area (Å²) in [7, 11) is 0. The Balaban J connectivity index is 1.56. The lowest BCUT2D eigenvalue weighted by Gasteiger charge is -2.09. The fourth-order valence-corrected chi connectivity index (χ4v) is 5.65. The van der Waals surface area contributed by atoms with Gasteiger partial charge in [0.05, 0.1) is 22.5 Å². The number of fused-ring (bicyclic) bond motifs is 1. The molecule has 0 saturated carbocycles. The Morgan fingerprint density at radius 1 is 1.10 bits per heavy atom. The van der Waals surface area contributed by atoms with E-state index in [0.717, 1.165) is 32.1 Å². The van der Waals surface area contributed by atoms with E-state index in [0.29, 0.717) is 10.8 Å². The minimum absolute atomic E-state index is 0.201. The van der Waals surface area contributed by atoms with Crippen LogP contribution in [0, 0.1) is 0 Å². The Morgan fingerprint density at radius 3 is 2.62 bits per heavy atom. The summed E-state index contributed by atoms with van der Waals surface area (Å²) < 4.78 is 3.77. The number of nitrogens with two attached hydrogens (primary N) is 1. The lowest BCUT2D eigenvalue weighted by Crippen LogP contribution is -2.12. The molecule has 29 heavy (non-hydrogen) atoms. The zero-order valence-electron chi connectivity index (χ0n) is 15.1. The Morgan fingerprint density at radius 2 is 1.86 bits per heavy atom. The van der Waals surface area contributed by atoms with E-state index in [9.17, 15) is 4.79 Å². The van der Waals surface area contributed by atoms with E-state index in [1.165, 1.54) is 28.7 Å². The van der Waals surface area contributed by atoms with E-state index in [1.54, 1.807) is 11.8 Å². The van der Waals surface area contributed by atoms with Crippen molar-refractivity contribution in [3.8, 4) is 0 Å². The predicted octanol–water partition coefficient (Wildman–Crippen LogP) is 4.46. The van der Waals surface area contributed by atoms with E-state index < -0.39 is 0 Å².